The third kappa shape index (κ3) is 3.52. The number of nitrogens with one attached hydrogen (secondary N) is 1. The molecule has 0 aliphatic rings. The van der Waals surface area contributed by atoms with Crippen LogP contribution in [0.1, 0.15) is 35.6 Å². The summed E-state index contributed by atoms with van der Waals surface area (Å²) in [5.74, 6) is 1.61. The van der Waals surface area contributed by atoms with E-state index in [1.165, 1.54) is 4.88 Å². The van der Waals surface area contributed by atoms with Crippen LogP contribution in [-0.2, 0) is 6.42 Å². The van der Waals surface area contributed by atoms with Crippen molar-refractivity contribution in [3.05, 3.63) is 57.1 Å². The highest BCUT2D eigenvalue weighted by Crippen LogP contribution is 2.32. The predicted molar refractivity (Wildman–Crippen MR) is 109 cm³/mol. The van der Waals surface area contributed by atoms with Gasteiger partial charge in [-0.1, -0.05) is 30.7 Å². The maximum Gasteiger partial charge on any atom is 0.178 e. The van der Waals surface area contributed by atoms with Crippen molar-refractivity contribution < 1.29 is 0 Å². The molecular weight excluding hydrogens is 380 g/mol. The molecule has 3 heterocycles. The molecule has 1 N–H and O–H groups in total. The molecule has 4 aromatic rings. The van der Waals surface area contributed by atoms with E-state index in [0.717, 1.165) is 45.0 Å². The van der Waals surface area contributed by atoms with Crippen LogP contribution in [0.3, 0.4) is 0 Å². The number of anilines is 1. The van der Waals surface area contributed by atoms with Gasteiger partial charge in [0.1, 0.15) is 10.8 Å². The molecular formula is C19H19ClN6S. The van der Waals surface area contributed by atoms with E-state index < -0.39 is 0 Å². The first-order valence-corrected chi connectivity index (χ1v) is 9.95. The first-order valence-electron chi connectivity index (χ1n) is 8.76. The van der Waals surface area contributed by atoms with E-state index in [0.29, 0.717) is 0 Å². The number of aromatic nitrogens is 5. The zero-order chi connectivity index (χ0) is 19.0. The van der Waals surface area contributed by atoms with Gasteiger partial charge >= 0.3 is 0 Å². The Labute approximate surface area is 166 Å². The second kappa shape index (κ2) is 7.25. The van der Waals surface area contributed by atoms with Gasteiger partial charge in [0.15, 0.2) is 11.5 Å². The minimum absolute atomic E-state index is 0.0289. The van der Waals surface area contributed by atoms with Crippen molar-refractivity contribution in [2.24, 2.45) is 0 Å². The third-order valence-electron chi connectivity index (χ3n) is 4.31. The van der Waals surface area contributed by atoms with E-state index in [1.807, 2.05) is 43.3 Å². The molecule has 27 heavy (non-hydrogen) atoms. The summed E-state index contributed by atoms with van der Waals surface area (Å²) in [6.07, 6.45) is 0.781. The molecule has 1 aromatic carbocycles. The van der Waals surface area contributed by atoms with Crippen molar-refractivity contribution >= 4 is 34.4 Å². The Morgan fingerprint density at radius 3 is 2.67 bits per heavy atom. The highest BCUT2D eigenvalue weighted by atomic mass is 35.5. The molecule has 0 amide bonds. The minimum Gasteiger partial charge on any atom is -0.360 e. The molecule has 0 spiro atoms. The van der Waals surface area contributed by atoms with E-state index in [9.17, 15) is 0 Å². The Morgan fingerprint density at radius 1 is 1.15 bits per heavy atom. The van der Waals surface area contributed by atoms with Gasteiger partial charge in [-0.05, 0) is 38.1 Å². The summed E-state index contributed by atoms with van der Waals surface area (Å²) in [6, 6.07) is 11.6. The average molecular weight is 399 g/mol. The zero-order valence-corrected chi connectivity index (χ0v) is 16.8. The average Bonchev–Trinajstić information content (AvgIpc) is 3.25. The van der Waals surface area contributed by atoms with Gasteiger partial charge in [0, 0.05) is 21.9 Å². The summed E-state index contributed by atoms with van der Waals surface area (Å²) in [6.45, 7) is 6.22. The largest absolute Gasteiger partial charge is 0.360 e. The highest BCUT2D eigenvalue weighted by Gasteiger charge is 2.16. The quantitative estimate of drug-likeness (QED) is 0.515. The lowest BCUT2D eigenvalue weighted by atomic mass is 10.1. The lowest BCUT2D eigenvalue weighted by molar-refractivity contribution is 0.801. The van der Waals surface area contributed by atoms with Crippen LogP contribution in [-0.4, -0.2) is 24.8 Å². The van der Waals surface area contributed by atoms with Crippen LogP contribution in [0.2, 0.25) is 5.02 Å². The molecule has 0 fully saturated rings. The lowest BCUT2D eigenvalue weighted by Gasteiger charge is -2.12. The number of fused-ring (bicyclic) bond motifs is 1. The molecule has 0 saturated heterocycles. The number of nitrogens with zero attached hydrogens (tertiary/aromatic N) is 5. The van der Waals surface area contributed by atoms with Gasteiger partial charge in [0.25, 0.3) is 0 Å². The predicted octanol–water partition coefficient (Wildman–Crippen LogP) is 4.95. The number of benzene rings is 1. The molecule has 138 valence electrons. The summed E-state index contributed by atoms with van der Waals surface area (Å²) in [5.41, 5.74) is 2.82. The number of thiazole rings is 1. The highest BCUT2D eigenvalue weighted by molar-refractivity contribution is 7.12. The molecule has 3 aromatic heterocycles. The SMILES string of the molecule is CCc1nnc2ccc(NC(C)c3nc(-c4ccc(Cl)cc4)c(C)s3)nn12. The summed E-state index contributed by atoms with van der Waals surface area (Å²) < 4.78 is 1.78. The Kier molecular flexibility index (Phi) is 4.80. The first-order chi connectivity index (χ1) is 13.0. The molecule has 8 heteroatoms. The Bertz CT molecular complexity index is 1090. The van der Waals surface area contributed by atoms with E-state index in [2.05, 4.69) is 34.5 Å². The van der Waals surface area contributed by atoms with Crippen LogP contribution < -0.4 is 5.32 Å². The number of halogens is 1. The summed E-state index contributed by atoms with van der Waals surface area (Å²) in [5, 5.41) is 18.1. The molecule has 0 aliphatic carbocycles. The maximum absolute atomic E-state index is 5.99. The summed E-state index contributed by atoms with van der Waals surface area (Å²) in [4.78, 5) is 6.02. The van der Waals surface area contributed by atoms with E-state index >= 15 is 0 Å². The molecule has 0 aliphatic heterocycles. The molecule has 1 unspecified atom stereocenters. The third-order valence-corrected chi connectivity index (χ3v) is 5.71. The smallest absolute Gasteiger partial charge is 0.178 e. The topological polar surface area (TPSA) is 68.0 Å². The Balaban J connectivity index is 1.59. The number of hydrogen-bond donors (Lipinski definition) is 1. The van der Waals surface area contributed by atoms with Crippen molar-refractivity contribution in [3.63, 3.8) is 0 Å². The van der Waals surface area contributed by atoms with Crippen molar-refractivity contribution in [3.8, 4) is 11.3 Å². The molecule has 1 atom stereocenters. The van der Waals surface area contributed by atoms with Crippen LogP contribution in [0.25, 0.3) is 16.9 Å². The summed E-state index contributed by atoms with van der Waals surface area (Å²) in [7, 11) is 0. The van der Waals surface area contributed by atoms with Gasteiger partial charge in [-0.3, -0.25) is 0 Å². The van der Waals surface area contributed by atoms with E-state index in [4.69, 9.17) is 16.6 Å². The standard InChI is InChI=1S/C19H19ClN6S/c1-4-16-23-24-17-10-9-15(25-26(16)17)21-11(2)19-22-18(12(3)27-19)13-5-7-14(20)8-6-13/h5-11H,4H2,1-3H3,(H,21,25). The van der Waals surface area contributed by atoms with Crippen LogP contribution in [0.5, 0.6) is 0 Å². The molecule has 0 bridgehead atoms. The molecule has 6 nitrogen and oxygen atoms in total. The maximum atomic E-state index is 5.99. The van der Waals surface area contributed by atoms with Crippen LogP contribution in [0, 0.1) is 6.92 Å². The van der Waals surface area contributed by atoms with Crippen molar-refractivity contribution in [2.45, 2.75) is 33.2 Å². The van der Waals surface area contributed by atoms with Crippen molar-refractivity contribution in [1.82, 2.24) is 24.8 Å². The number of rotatable bonds is 5. The number of hydrogen-bond acceptors (Lipinski definition) is 6. The van der Waals surface area contributed by atoms with Crippen molar-refractivity contribution in [1.29, 1.82) is 0 Å². The Morgan fingerprint density at radius 2 is 1.93 bits per heavy atom. The normalized spacial score (nSPS) is 12.4. The fourth-order valence-electron chi connectivity index (χ4n) is 2.89. The fourth-order valence-corrected chi connectivity index (χ4v) is 3.96. The second-order valence-corrected chi connectivity index (χ2v) is 7.96. The molecule has 0 radical (unpaired) electrons. The zero-order valence-electron chi connectivity index (χ0n) is 15.3. The second-order valence-electron chi connectivity index (χ2n) is 6.29. The monoisotopic (exact) mass is 398 g/mol. The van der Waals surface area contributed by atoms with Gasteiger partial charge < -0.3 is 5.32 Å². The first kappa shape index (κ1) is 17.9. The Hall–Kier alpha value is -2.51. The van der Waals surface area contributed by atoms with Gasteiger partial charge in [-0.2, -0.15) is 4.52 Å². The van der Waals surface area contributed by atoms with Crippen LogP contribution in [0.15, 0.2) is 36.4 Å². The molecule has 0 saturated carbocycles. The van der Waals surface area contributed by atoms with Gasteiger partial charge in [0.2, 0.25) is 0 Å². The van der Waals surface area contributed by atoms with Crippen LogP contribution >= 0.6 is 22.9 Å². The molecule has 4 rings (SSSR count). The fraction of sp³-hybridized carbons (Fsp3) is 0.263. The van der Waals surface area contributed by atoms with Crippen molar-refractivity contribution in [2.75, 3.05) is 5.32 Å². The van der Waals surface area contributed by atoms with Gasteiger partial charge in [0.05, 0.1) is 11.7 Å². The van der Waals surface area contributed by atoms with Gasteiger partial charge in [-0.15, -0.1) is 26.6 Å². The van der Waals surface area contributed by atoms with Crippen LogP contribution in [0.4, 0.5) is 5.82 Å². The lowest BCUT2D eigenvalue weighted by Crippen LogP contribution is -2.10. The minimum atomic E-state index is 0.0289. The van der Waals surface area contributed by atoms with Gasteiger partial charge in [-0.25, -0.2) is 4.98 Å². The van der Waals surface area contributed by atoms with E-state index in [1.54, 1.807) is 15.9 Å². The van der Waals surface area contributed by atoms with E-state index in [-0.39, 0.29) is 6.04 Å². The summed E-state index contributed by atoms with van der Waals surface area (Å²) >= 11 is 7.68. The number of aryl methyl sites for hydroxylation is 2.